The summed E-state index contributed by atoms with van der Waals surface area (Å²) in [5.41, 5.74) is 0.637. The molecular formula is C17H15N3O4. The number of carbonyl (C=O) groups excluding carboxylic acids is 1. The fourth-order valence-electron chi connectivity index (χ4n) is 2.57. The van der Waals surface area contributed by atoms with Crippen molar-refractivity contribution in [3.05, 3.63) is 74.7 Å². The van der Waals surface area contributed by atoms with Gasteiger partial charge in [-0.15, -0.1) is 0 Å². The SMILES string of the molecule is COC(=O)c1ccc2c(c1)c(=O)n(Cc1ccncc1)c(=O)n2C. The van der Waals surface area contributed by atoms with E-state index < -0.39 is 17.2 Å². The third-order valence-electron chi connectivity index (χ3n) is 3.86. The number of hydrogen-bond acceptors (Lipinski definition) is 5. The molecule has 0 aliphatic heterocycles. The molecule has 7 heteroatoms. The van der Waals surface area contributed by atoms with Crippen LogP contribution in [0.1, 0.15) is 15.9 Å². The Balaban J connectivity index is 2.25. The molecule has 122 valence electrons. The highest BCUT2D eigenvalue weighted by Crippen LogP contribution is 2.12. The van der Waals surface area contributed by atoms with Crippen molar-refractivity contribution in [2.75, 3.05) is 7.11 Å². The molecule has 7 nitrogen and oxygen atoms in total. The van der Waals surface area contributed by atoms with Crippen LogP contribution in [0.3, 0.4) is 0 Å². The maximum absolute atomic E-state index is 12.8. The summed E-state index contributed by atoms with van der Waals surface area (Å²) in [6, 6.07) is 8.02. The fourth-order valence-corrected chi connectivity index (χ4v) is 2.57. The lowest BCUT2D eigenvalue weighted by Gasteiger charge is -2.11. The molecule has 2 heterocycles. The predicted octanol–water partition coefficient (Wildman–Crippen LogP) is 0.930. The van der Waals surface area contributed by atoms with E-state index in [4.69, 9.17) is 0 Å². The van der Waals surface area contributed by atoms with Crippen LogP contribution in [-0.4, -0.2) is 27.2 Å². The molecule has 0 atom stereocenters. The molecule has 0 saturated carbocycles. The summed E-state index contributed by atoms with van der Waals surface area (Å²) in [6.45, 7) is 0.131. The van der Waals surface area contributed by atoms with Gasteiger partial charge in [-0.25, -0.2) is 9.59 Å². The second-order valence-electron chi connectivity index (χ2n) is 5.31. The number of methoxy groups -OCH3 is 1. The van der Waals surface area contributed by atoms with E-state index in [1.165, 1.54) is 23.8 Å². The summed E-state index contributed by atoms with van der Waals surface area (Å²) in [7, 11) is 2.86. The lowest BCUT2D eigenvalue weighted by Crippen LogP contribution is -2.39. The molecule has 0 unspecified atom stereocenters. The number of aromatic nitrogens is 3. The minimum absolute atomic E-state index is 0.131. The van der Waals surface area contributed by atoms with Crippen LogP contribution < -0.4 is 11.2 Å². The third-order valence-corrected chi connectivity index (χ3v) is 3.86. The second-order valence-corrected chi connectivity index (χ2v) is 5.31. The number of rotatable bonds is 3. The molecule has 3 rings (SSSR count). The molecule has 0 amide bonds. The molecule has 0 saturated heterocycles. The Bertz CT molecular complexity index is 1040. The number of esters is 1. The van der Waals surface area contributed by atoms with Crippen molar-refractivity contribution >= 4 is 16.9 Å². The highest BCUT2D eigenvalue weighted by molar-refractivity contribution is 5.94. The van der Waals surface area contributed by atoms with E-state index >= 15 is 0 Å². The average Bonchev–Trinajstić information content (AvgIpc) is 2.63. The fraction of sp³-hybridized carbons (Fsp3) is 0.176. The van der Waals surface area contributed by atoms with E-state index in [0.29, 0.717) is 5.52 Å². The number of pyridine rings is 1. The maximum Gasteiger partial charge on any atom is 0.337 e. The van der Waals surface area contributed by atoms with Crippen LogP contribution >= 0.6 is 0 Å². The molecule has 3 aromatic rings. The van der Waals surface area contributed by atoms with Gasteiger partial charge >= 0.3 is 11.7 Å². The summed E-state index contributed by atoms with van der Waals surface area (Å²) in [4.78, 5) is 40.9. The molecule has 0 N–H and O–H groups in total. The Hall–Kier alpha value is -3.22. The van der Waals surface area contributed by atoms with Crippen LogP contribution in [0, 0.1) is 0 Å². The summed E-state index contributed by atoms with van der Waals surface area (Å²) in [5, 5.41) is 0.286. The zero-order valence-corrected chi connectivity index (χ0v) is 13.2. The number of aryl methyl sites for hydroxylation is 1. The first-order valence-electron chi connectivity index (χ1n) is 7.23. The van der Waals surface area contributed by atoms with Gasteiger partial charge in [0.2, 0.25) is 0 Å². The van der Waals surface area contributed by atoms with Gasteiger partial charge in [0.15, 0.2) is 0 Å². The smallest absolute Gasteiger partial charge is 0.337 e. The van der Waals surface area contributed by atoms with Gasteiger partial charge in [-0.3, -0.25) is 18.9 Å². The highest BCUT2D eigenvalue weighted by atomic mass is 16.5. The molecule has 0 radical (unpaired) electrons. The summed E-state index contributed by atoms with van der Waals surface area (Å²) >= 11 is 0. The zero-order chi connectivity index (χ0) is 17.3. The first kappa shape index (κ1) is 15.7. The number of carbonyl (C=O) groups is 1. The highest BCUT2D eigenvalue weighted by Gasteiger charge is 2.14. The summed E-state index contributed by atoms with van der Waals surface area (Å²) in [6.07, 6.45) is 3.20. The molecule has 1 aromatic carbocycles. The van der Waals surface area contributed by atoms with Gasteiger partial charge in [-0.05, 0) is 35.9 Å². The normalized spacial score (nSPS) is 10.8. The van der Waals surface area contributed by atoms with Gasteiger partial charge in [-0.2, -0.15) is 0 Å². The van der Waals surface area contributed by atoms with Gasteiger partial charge in [0.1, 0.15) is 0 Å². The van der Waals surface area contributed by atoms with Gasteiger partial charge in [0.05, 0.1) is 30.1 Å². The van der Waals surface area contributed by atoms with Crippen molar-refractivity contribution in [2.45, 2.75) is 6.54 Å². The second kappa shape index (κ2) is 6.11. The molecule has 0 aliphatic rings. The quantitative estimate of drug-likeness (QED) is 0.669. The standard InChI is InChI=1S/C17H15N3O4/c1-19-14-4-3-12(16(22)24-2)9-13(14)15(21)20(17(19)23)10-11-5-7-18-8-6-11/h3-9H,10H2,1-2H3. The third kappa shape index (κ3) is 2.60. The maximum atomic E-state index is 12.8. The number of fused-ring (bicyclic) bond motifs is 1. The number of hydrogen-bond donors (Lipinski definition) is 0. The Morgan fingerprint density at radius 3 is 2.54 bits per heavy atom. The van der Waals surface area contributed by atoms with E-state index in [-0.39, 0.29) is 17.5 Å². The van der Waals surface area contributed by atoms with E-state index in [0.717, 1.165) is 10.1 Å². The minimum Gasteiger partial charge on any atom is -0.465 e. The average molecular weight is 325 g/mol. The predicted molar refractivity (Wildman–Crippen MR) is 88.1 cm³/mol. The van der Waals surface area contributed by atoms with Crippen molar-refractivity contribution in [2.24, 2.45) is 7.05 Å². The monoisotopic (exact) mass is 325 g/mol. The molecule has 0 fully saturated rings. The van der Waals surface area contributed by atoms with E-state index in [1.807, 2.05) is 0 Å². The Labute approximate surface area is 136 Å². The number of benzene rings is 1. The summed E-state index contributed by atoms with van der Waals surface area (Å²) < 4.78 is 7.21. The number of ether oxygens (including phenoxy) is 1. The minimum atomic E-state index is -0.536. The molecular weight excluding hydrogens is 310 g/mol. The van der Waals surface area contributed by atoms with E-state index in [9.17, 15) is 14.4 Å². The van der Waals surface area contributed by atoms with Gasteiger partial charge in [0, 0.05) is 19.4 Å². The molecule has 0 spiro atoms. The summed E-state index contributed by atoms with van der Waals surface area (Å²) in [5.74, 6) is -0.536. The van der Waals surface area contributed by atoms with Crippen LogP contribution in [-0.2, 0) is 18.3 Å². The van der Waals surface area contributed by atoms with Crippen LogP contribution in [0.4, 0.5) is 0 Å². The van der Waals surface area contributed by atoms with Crippen molar-refractivity contribution in [3.63, 3.8) is 0 Å². The van der Waals surface area contributed by atoms with Crippen molar-refractivity contribution in [1.29, 1.82) is 0 Å². The van der Waals surface area contributed by atoms with Gasteiger partial charge < -0.3 is 4.74 Å². The van der Waals surface area contributed by atoms with Crippen molar-refractivity contribution in [1.82, 2.24) is 14.1 Å². The van der Waals surface area contributed by atoms with Crippen molar-refractivity contribution < 1.29 is 9.53 Å². The van der Waals surface area contributed by atoms with Gasteiger partial charge in [0.25, 0.3) is 5.56 Å². The first-order chi connectivity index (χ1) is 11.5. The van der Waals surface area contributed by atoms with Crippen LogP contribution in [0.25, 0.3) is 10.9 Å². The van der Waals surface area contributed by atoms with Crippen LogP contribution in [0.15, 0.2) is 52.3 Å². The largest absolute Gasteiger partial charge is 0.465 e. The van der Waals surface area contributed by atoms with E-state index in [1.54, 1.807) is 37.6 Å². The van der Waals surface area contributed by atoms with Crippen LogP contribution in [0.5, 0.6) is 0 Å². The van der Waals surface area contributed by atoms with Gasteiger partial charge in [-0.1, -0.05) is 0 Å². The molecule has 0 aliphatic carbocycles. The van der Waals surface area contributed by atoms with Crippen LogP contribution in [0.2, 0.25) is 0 Å². The molecule has 2 aromatic heterocycles. The molecule has 24 heavy (non-hydrogen) atoms. The Morgan fingerprint density at radius 1 is 1.17 bits per heavy atom. The first-order valence-corrected chi connectivity index (χ1v) is 7.23. The lowest BCUT2D eigenvalue weighted by atomic mass is 10.1. The van der Waals surface area contributed by atoms with Crippen molar-refractivity contribution in [3.8, 4) is 0 Å². The Kier molecular flexibility index (Phi) is 3.99. The van der Waals surface area contributed by atoms with E-state index in [2.05, 4.69) is 9.72 Å². The topological polar surface area (TPSA) is 83.2 Å². The lowest BCUT2D eigenvalue weighted by molar-refractivity contribution is 0.0601. The zero-order valence-electron chi connectivity index (χ0n) is 13.2. The molecule has 0 bridgehead atoms. The number of nitrogens with zero attached hydrogens (tertiary/aromatic N) is 3. The Morgan fingerprint density at radius 2 is 1.88 bits per heavy atom.